The molecule has 10 heteroatoms. The second kappa shape index (κ2) is 14.0. The van der Waals surface area contributed by atoms with E-state index in [2.05, 4.69) is 10.6 Å². The minimum Gasteiger partial charge on any atom is -0.445 e. The van der Waals surface area contributed by atoms with Crippen LogP contribution in [0.15, 0.2) is 30.3 Å². The molecule has 0 aromatic heterocycles. The summed E-state index contributed by atoms with van der Waals surface area (Å²) in [5.74, 6) is -1.41. The summed E-state index contributed by atoms with van der Waals surface area (Å²) < 4.78 is 5.46. The number of benzene rings is 1. The Morgan fingerprint density at radius 2 is 1.82 bits per heavy atom. The third-order valence-corrected chi connectivity index (χ3v) is 8.22. The largest absolute Gasteiger partial charge is 0.475 e. The van der Waals surface area contributed by atoms with E-state index in [0.717, 1.165) is 31.2 Å². The van der Waals surface area contributed by atoms with Crippen molar-refractivity contribution in [2.45, 2.75) is 103 Å². The number of alkyl carbamates (subject to hydrolysis) is 1. The maximum Gasteiger partial charge on any atom is 0.475 e. The zero-order valence-electron chi connectivity index (χ0n) is 23.0. The predicted octanol–water partition coefficient (Wildman–Crippen LogP) is 3.18. The van der Waals surface area contributed by atoms with Crippen LogP contribution in [0.3, 0.4) is 0 Å². The van der Waals surface area contributed by atoms with E-state index in [1.54, 1.807) is 11.8 Å². The smallest absolute Gasteiger partial charge is 0.445 e. The Morgan fingerprint density at radius 3 is 2.42 bits per heavy atom. The van der Waals surface area contributed by atoms with E-state index < -0.39 is 30.7 Å². The third kappa shape index (κ3) is 7.50. The second-order valence-corrected chi connectivity index (χ2v) is 11.1. The SMILES string of the molecule is CCC(NC(=O)[C@H](CC1CCCCC1)N1CCCC(NC(=O)OCc2ccccc2)(C(C)C)C1=O)B(O)O. The van der Waals surface area contributed by atoms with E-state index in [0.29, 0.717) is 38.1 Å². The maximum atomic E-state index is 14.2. The van der Waals surface area contributed by atoms with Crippen LogP contribution >= 0.6 is 0 Å². The Balaban J connectivity index is 1.81. The van der Waals surface area contributed by atoms with Gasteiger partial charge in [-0.2, -0.15) is 0 Å². The fourth-order valence-electron chi connectivity index (χ4n) is 5.81. The number of carbonyl (C=O) groups excluding carboxylic acids is 3. The van der Waals surface area contributed by atoms with Gasteiger partial charge in [0.05, 0.1) is 5.94 Å². The van der Waals surface area contributed by atoms with Crippen LogP contribution in [0.2, 0.25) is 0 Å². The fraction of sp³-hybridized carbons (Fsp3) is 0.679. The Bertz CT molecular complexity index is 924. The average molecular weight is 529 g/mol. The van der Waals surface area contributed by atoms with Crippen LogP contribution in [0.4, 0.5) is 4.79 Å². The van der Waals surface area contributed by atoms with Gasteiger partial charge in [-0.25, -0.2) is 4.79 Å². The molecule has 1 aromatic carbocycles. The molecular weight excluding hydrogens is 485 g/mol. The van der Waals surface area contributed by atoms with Crippen LogP contribution in [-0.2, 0) is 20.9 Å². The Labute approximate surface area is 226 Å². The van der Waals surface area contributed by atoms with Crippen molar-refractivity contribution in [3.05, 3.63) is 35.9 Å². The van der Waals surface area contributed by atoms with Gasteiger partial charge in [-0.05, 0) is 43.1 Å². The number of rotatable bonds is 11. The second-order valence-electron chi connectivity index (χ2n) is 11.1. The molecule has 3 rings (SSSR count). The minimum absolute atomic E-state index is 0.0906. The lowest BCUT2D eigenvalue weighted by Crippen LogP contribution is -2.68. The monoisotopic (exact) mass is 529 g/mol. The summed E-state index contributed by atoms with van der Waals surface area (Å²) in [5, 5.41) is 25.1. The highest BCUT2D eigenvalue weighted by Crippen LogP contribution is 2.35. The summed E-state index contributed by atoms with van der Waals surface area (Å²) in [5.41, 5.74) is -0.351. The molecule has 0 spiro atoms. The van der Waals surface area contributed by atoms with Gasteiger partial charge in [0.2, 0.25) is 11.8 Å². The molecule has 2 fully saturated rings. The molecule has 0 radical (unpaired) electrons. The molecule has 38 heavy (non-hydrogen) atoms. The number of hydrogen-bond acceptors (Lipinski definition) is 6. The van der Waals surface area contributed by atoms with Gasteiger partial charge in [-0.15, -0.1) is 0 Å². The molecule has 3 amide bonds. The molecule has 210 valence electrons. The van der Waals surface area contributed by atoms with Gasteiger partial charge in [0, 0.05) is 6.54 Å². The quantitative estimate of drug-likeness (QED) is 0.326. The van der Waals surface area contributed by atoms with Crippen molar-refractivity contribution in [2.75, 3.05) is 6.54 Å². The van der Waals surface area contributed by atoms with Crippen LogP contribution in [0, 0.1) is 11.8 Å². The highest BCUT2D eigenvalue weighted by molar-refractivity contribution is 6.43. The van der Waals surface area contributed by atoms with Crippen molar-refractivity contribution in [2.24, 2.45) is 11.8 Å². The number of amides is 3. The van der Waals surface area contributed by atoms with Gasteiger partial charge in [0.1, 0.15) is 18.2 Å². The average Bonchev–Trinajstić information content (AvgIpc) is 2.91. The van der Waals surface area contributed by atoms with Crippen LogP contribution in [0.5, 0.6) is 0 Å². The summed E-state index contributed by atoms with van der Waals surface area (Å²) in [6, 6.07) is 8.59. The van der Waals surface area contributed by atoms with E-state index in [1.165, 1.54) is 6.42 Å². The van der Waals surface area contributed by atoms with Crippen LogP contribution in [0.1, 0.15) is 84.1 Å². The van der Waals surface area contributed by atoms with E-state index in [9.17, 15) is 24.4 Å². The fourth-order valence-corrected chi connectivity index (χ4v) is 5.81. The van der Waals surface area contributed by atoms with Crippen LogP contribution in [0.25, 0.3) is 0 Å². The highest BCUT2D eigenvalue weighted by Gasteiger charge is 2.50. The van der Waals surface area contributed by atoms with Crippen LogP contribution < -0.4 is 10.6 Å². The molecule has 2 aliphatic rings. The van der Waals surface area contributed by atoms with Crippen LogP contribution in [-0.4, -0.2) is 64.0 Å². The molecule has 4 N–H and O–H groups in total. The summed E-state index contributed by atoms with van der Waals surface area (Å²) >= 11 is 0. The van der Waals surface area contributed by atoms with Gasteiger partial charge in [0.15, 0.2) is 0 Å². The topological polar surface area (TPSA) is 128 Å². The Morgan fingerprint density at radius 1 is 1.13 bits per heavy atom. The number of ether oxygens (including phenoxy) is 1. The number of likely N-dealkylation sites (tertiary alicyclic amines) is 1. The molecule has 1 heterocycles. The van der Waals surface area contributed by atoms with Crippen molar-refractivity contribution < 1.29 is 29.2 Å². The third-order valence-electron chi connectivity index (χ3n) is 8.22. The van der Waals surface area contributed by atoms with Crippen molar-refractivity contribution >= 4 is 25.0 Å². The Kier molecular flexibility index (Phi) is 11.0. The molecule has 1 saturated carbocycles. The summed E-state index contributed by atoms with van der Waals surface area (Å²) in [6.07, 6.45) is 6.66. The van der Waals surface area contributed by atoms with Gasteiger partial charge in [0.25, 0.3) is 0 Å². The molecule has 3 atom stereocenters. The molecule has 2 unspecified atom stereocenters. The Hall–Kier alpha value is -2.59. The van der Waals surface area contributed by atoms with Gasteiger partial charge in [-0.1, -0.05) is 83.2 Å². The zero-order valence-corrected chi connectivity index (χ0v) is 23.0. The van der Waals surface area contributed by atoms with Crippen molar-refractivity contribution in [1.82, 2.24) is 15.5 Å². The van der Waals surface area contributed by atoms with Crippen molar-refractivity contribution in [3.63, 3.8) is 0 Å². The lowest BCUT2D eigenvalue weighted by Gasteiger charge is -2.47. The van der Waals surface area contributed by atoms with E-state index >= 15 is 0 Å². The minimum atomic E-state index is -1.69. The molecule has 0 bridgehead atoms. The lowest BCUT2D eigenvalue weighted by molar-refractivity contribution is -0.152. The van der Waals surface area contributed by atoms with E-state index in [-0.39, 0.29) is 24.3 Å². The van der Waals surface area contributed by atoms with E-state index in [1.807, 2.05) is 44.2 Å². The first-order valence-corrected chi connectivity index (χ1v) is 14.1. The van der Waals surface area contributed by atoms with E-state index in [4.69, 9.17) is 4.74 Å². The predicted molar refractivity (Wildman–Crippen MR) is 146 cm³/mol. The number of nitrogens with zero attached hydrogens (tertiary/aromatic N) is 1. The highest BCUT2D eigenvalue weighted by atomic mass is 16.5. The molecule has 1 aromatic rings. The van der Waals surface area contributed by atoms with Crippen molar-refractivity contribution in [3.8, 4) is 0 Å². The molecule has 1 saturated heterocycles. The van der Waals surface area contributed by atoms with Gasteiger partial charge in [-0.3, -0.25) is 9.59 Å². The number of carbonyl (C=O) groups is 3. The standard InChI is InChI=1S/C28H44BN3O6/c1-4-24(29(36)37)30-25(33)23(18-21-12-7-5-8-13-21)32-17-11-16-28(20(2)3,26(32)34)31-27(35)38-19-22-14-9-6-10-15-22/h6,9-10,14-15,20-21,23-24,36-37H,4-5,7-8,11-13,16-19H2,1-3H3,(H,30,33)(H,31,35)/t23-,24?,28?/m0/s1. The van der Waals surface area contributed by atoms with Gasteiger partial charge < -0.3 is 30.3 Å². The number of piperidine rings is 1. The molecular formula is C28H44BN3O6. The maximum absolute atomic E-state index is 14.2. The first kappa shape index (κ1) is 30.0. The lowest BCUT2D eigenvalue weighted by atomic mass is 9.76. The summed E-state index contributed by atoms with van der Waals surface area (Å²) in [6.45, 7) is 6.04. The van der Waals surface area contributed by atoms with Gasteiger partial charge >= 0.3 is 13.2 Å². The van der Waals surface area contributed by atoms with Crippen molar-refractivity contribution in [1.29, 1.82) is 0 Å². The summed E-state index contributed by atoms with van der Waals surface area (Å²) in [7, 11) is -1.69. The first-order valence-electron chi connectivity index (χ1n) is 14.1. The molecule has 9 nitrogen and oxygen atoms in total. The number of nitrogens with one attached hydrogen (secondary N) is 2. The molecule has 1 aliphatic heterocycles. The summed E-state index contributed by atoms with van der Waals surface area (Å²) in [4.78, 5) is 42.2. The normalized spacial score (nSPS) is 22.1. The molecule has 1 aliphatic carbocycles. The zero-order chi connectivity index (χ0) is 27.7. The first-order chi connectivity index (χ1) is 18.2. The number of hydrogen-bond donors (Lipinski definition) is 4.